The van der Waals surface area contributed by atoms with Gasteiger partial charge in [-0.1, -0.05) is 31.2 Å². The van der Waals surface area contributed by atoms with Crippen molar-refractivity contribution in [3.8, 4) is 0 Å². The number of benzene rings is 1. The van der Waals surface area contributed by atoms with E-state index in [1.807, 2.05) is 31.2 Å². The number of rotatable bonds is 2. The first kappa shape index (κ1) is 9.66. The van der Waals surface area contributed by atoms with Gasteiger partial charge in [0.25, 0.3) is 0 Å². The lowest BCUT2D eigenvalue weighted by Crippen LogP contribution is -2.13. The molecule has 1 fully saturated rings. The van der Waals surface area contributed by atoms with E-state index in [9.17, 15) is 9.50 Å². The van der Waals surface area contributed by atoms with Crippen molar-refractivity contribution < 1.29 is 9.50 Å². The Morgan fingerprint density at radius 1 is 1.50 bits per heavy atom. The van der Waals surface area contributed by atoms with Gasteiger partial charge in [0, 0.05) is 5.41 Å². The molecule has 3 atom stereocenters. The Balaban J connectivity index is 2.28. The summed E-state index contributed by atoms with van der Waals surface area (Å²) >= 11 is 0. The molecule has 1 aromatic rings. The van der Waals surface area contributed by atoms with Gasteiger partial charge >= 0.3 is 0 Å². The maximum atomic E-state index is 13.1. The molecule has 1 saturated carbocycles. The molecular weight excluding hydrogens is 179 g/mol. The topological polar surface area (TPSA) is 20.2 Å². The van der Waals surface area contributed by atoms with Crippen molar-refractivity contribution in [2.75, 3.05) is 0 Å². The SMILES string of the molecule is Cc1ccccc1C(O)C1(C)CC1F. The van der Waals surface area contributed by atoms with Crippen molar-refractivity contribution in [2.45, 2.75) is 32.5 Å². The number of aliphatic hydroxyl groups is 1. The van der Waals surface area contributed by atoms with Gasteiger partial charge in [-0.25, -0.2) is 4.39 Å². The zero-order valence-corrected chi connectivity index (χ0v) is 8.50. The minimum absolute atomic E-state index is 0.475. The standard InChI is InChI=1S/C12H15FO/c1-8-5-3-4-6-9(8)11(14)12(2)7-10(12)13/h3-6,10-11,14H,7H2,1-2H3. The molecule has 0 amide bonds. The smallest absolute Gasteiger partial charge is 0.109 e. The van der Waals surface area contributed by atoms with Crippen molar-refractivity contribution in [2.24, 2.45) is 5.41 Å². The Labute approximate surface area is 83.6 Å². The summed E-state index contributed by atoms with van der Waals surface area (Å²) in [5.74, 6) is 0. The average molecular weight is 194 g/mol. The summed E-state index contributed by atoms with van der Waals surface area (Å²) in [6, 6.07) is 7.62. The van der Waals surface area contributed by atoms with Gasteiger partial charge in [-0.3, -0.25) is 0 Å². The monoisotopic (exact) mass is 194 g/mol. The first-order valence-electron chi connectivity index (χ1n) is 4.93. The maximum Gasteiger partial charge on any atom is 0.109 e. The Morgan fingerprint density at radius 2 is 2.07 bits per heavy atom. The minimum atomic E-state index is -0.850. The van der Waals surface area contributed by atoms with Gasteiger partial charge in [0.05, 0.1) is 6.10 Å². The molecule has 14 heavy (non-hydrogen) atoms. The van der Waals surface area contributed by atoms with E-state index in [0.717, 1.165) is 11.1 Å². The third kappa shape index (κ3) is 1.34. The molecule has 1 aliphatic rings. The molecule has 2 heteroatoms. The van der Waals surface area contributed by atoms with Crippen LogP contribution in [0.3, 0.4) is 0 Å². The van der Waals surface area contributed by atoms with Crippen molar-refractivity contribution in [3.63, 3.8) is 0 Å². The average Bonchev–Trinajstić information content (AvgIpc) is 2.76. The second-order valence-electron chi connectivity index (χ2n) is 4.44. The normalized spacial score (nSPS) is 32.7. The largest absolute Gasteiger partial charge is 0.388 e. The Kier molecular flexibility index (Phi) is 2.11. The summed E-state index contributed by atoms with van der Waals surface area (Å²) < 4.78 is 13.1. The highest BCUT2D eigenvalue weighted by Gasteiger charge is 2.56. The molecule has 0 radical (unpaired) electrons. The maximum absolute atomic E-state index is 13.1. The fourth-order valence-corrected chi connectivity index (χ4v) is 1.86. The number of aliphatic hydroxyl groups excluding tert-OH is 1. The highest BCUT2D eigenvalue weighted by molar-refractivity contribution is 5.31. The lowest BCUT2D eigenvalue weighted by molar-refractivity contribution is 0.0868. The molecule has 0 aromatic heterocycles. The van der Waals surface area contributed by atoms with Gasteiger partial charge in [-0.2, -0.15) is 0 Å². The molecule has 1 aromatic carbocycles. The number of aryl methyl sites for hydroxylation is 1. The molecular formula is C12H15FO. The van der Waals surface area contributed by atoms with E-state index in [2.05, 4.69) is 0 Å². The third-order valence-electron chi connectivity index (χ3n) is 3.28. The van der Waals surface area contributed by atoms with Gasteiger partial charge in [0.2, 0.25) is 0 Å². The molecule has 0 aliphatic heterocycles. The molecule has 0 spiro atoms. The van der Waals surface area contributed by atoms with E-state index in [-0.39, 0.29) is 0 Å². The summed E-state index contributed by atoms with van der Waals surface area (Å²) in [5.41, 5.74) is 1.34. The van der Waals surface area contributed by atoms with Crippen molar-refractivity contribution in [1.82, 2.24) is 0 Å². The number of alkyl halides is 1. The van der Waals surface area contributed by atoms with Gasteiger partial charge < -0.3 is 5.11 Å². The molecule has 1 nitrogen and oxygen atoms in total. The molecule has 1 N–H and O–H groups in total. The van der Waals surface area contributed by atoms with Crippen LogP contribution in [-0.2, 0) is 0 Å². The van der Waals surface area contributed by atoms with Gasteiger partial charge in [-0.05, 0) is 24.5 Å². The van der Waals surface area contributed by atoms with Crippen LogP contribution < -0.4 is 0 Å². The Hall–Kier alpha value is -0.890. The van der Waals surface area contributed by atoms with Crippen LogP contribution in [0.5, 0.6) is 0 Å². The lowest BCUT2D eigenvalue weighted by atomic mass is 9.92. The van der Waals surface area contributed by atoms with Crippen LogP contribution in [0.15, 0.2) is 24.3 Å². The highest BCUT2D eigenvalue weighted by atomic mass is 19.1. The molecule has 76 valence electrons. The zero-order valence-electron chi connectivity index (χ0n) is 8.50. The minimum Gasteiger partial charge on any atom is -0.388 e. The Morgan fingerprint density at radius 3 is 2.57 bits per heavy atom. The van der Waals surface area contributed by atoms with Crippen molar-refractivity contribution >= 4 is 0 Å². The zero-order chi connectivity index (χ0) is 10.3. The van der Waals surface area contributed by atoms with E-state index < -0.39 is 17.7 Å². The quantitative estimate of drug-likeness (QED) is 0.767. The van der Waals surface area contributed by atoms with Crippen LogP contribution in [0.2, 0.25) is 0 Å². The molecule has 0 heterocycles. The Bertz CT molecular complexity index is 350. The van der Waals surface area contributed by atoms with Crippen LogP contribution in [-0.4, -0.2) is 11.3 Å². The van der Waals surface area contributed by atoms with E-state index in [1.54, 1.807) is 6.92 Å². The van der Waals surface area contributed by atoms with Crippen LogP contribution in [0.25, 0.3) is 0 Å². The molecule has 0 bridgehead atoms. The van der Waals surface area contributed by atoms with Crippen molar-refractivity contribution in [3.05, 3.63) is 35.4 Å². The fourth-order valence-electron chi connectivity index (χ4n) is 1.86. The predicted molar refractivity (Wildman–Crippen MR) is 53.8 cm³/mol. The van der Waals surface area contributed by atoms with Crippen LogP contribution in [0.1, 0.15) is 30.6 Å². The van der Waals surface area contributed by atoms with E-state index in [1.165, 1.54) is 0 Å². The van der Waals surface area contributed by atoms with E-state index >= 15 is 0 Å². The summed E-state index contributed by atoms with van der Waals surface area (Å²) in [6.07, 6.45) is -1.04. The van der Waals surface area contributed by atoms with Crippen LogP contribution in [0, 0.1) is 12.3 Å². The summed E-state index contributed by atoms with van der Waals surface area (Å²) in [5, 5.41) is 10.0. The van der Waals surface area contributed by atoms with Crippen LogP contribution in [0.4, 0.5) is 4.39 Å². The second kappa shape index (κ2) is 3.06. The summed E-state index contributed by atoms with van der Waals surface area (Å²) in [6.45, 7) is 3.74. The van der Waals surface area contributed by atoms with E-state index in [0.29, 0.717) is 6.42 Å². The van der Waals surface area contributed by atoms with Gasteiger partial charge in [-0.15, -0.1) is 0 Å². The van der Waals surface area contributed by atoms with E-state index in [4.69, 9.17) is 0 Å². The number of hydrogen-bond donors (Lipinski definition) is 1. The summed E-state index contributed by atoms with van der Waals surface area (Å²) in [7, 11) is 0. The van der Waals surface area contributed by atoms with Gasteiger partial charge in [0.1, 0.15) is 6.17 Å². The molecule has 2 rings (SSSR count). The van der Waals surface area contributed by atoms with Crippen LogP contribution >= 0.6 is 0 Å². The fraction of sp³-hybridized carbons (Fsp3) is 0.500. The first-order valence-corrected chi connectivity index (χ1v) is 4.93. The molecule has 3 unspecified atom stereocenters. The second-order valence-corrected chi connectivity index (χ2v) is 4.44. The third-order valence-corrected chi connectivity index (χ3v) is 3.28. The summed E-state index contributed by atoms with van der Waals surface area (Å²) in [4.78, 5) is 0. The lowest BCUT2D eigenvalue weighted by Gasteiger charge is -2.19. The van der Waals surface area contributed by atoms with Gasteiger partial charge in [0.15, 0.2) is 0 Å². The first-order chi connectivity index (χ1) is 6.55. The van der Waals surface area contributed by atoms with Crippen molar-refractivity contribution in [1.29, 1.82) is 0 Å². The highest BCUT2D eigenvalue weighted by Crippen LogP contribution is 2.56. The molecule has 1 aliphatic carbocycles. The number of halogens is 1. The number of hydrogen-bond acceptors (Lipinski definition) is 1. The molecule has 0 saturated heterocycles. The predicted octanol–water partition coefficient (Wildman–Crippen LogP) is 2.78.